The summed E-state index contributed by atoms with van der Waals surface area (Å²) in [6.07, 6.45) is 0. The Morgan fingerprint density at radius 1 is 0.750 bits per heavy atom. The molecular weight excluding hydrogens is 257 g/mol. The Kier molecular flexibility index (Phi) is 46.2. The van der Waals surface area contributed by atoms with E-state index < -0.39 is 0 Å². The van der Waals surface area contributed by atoms with Gasteiger partial charge < -0.3 is 0 Å². The van der Waals surface area contributed by atoms with Crippen molar-refractivity contribution >= 4 is 18.4 Å². The van der Waals surface area contributed by atoms with Crippen molar-refractivity contribution in [3.8, 4) is 0 Å². The van der Waals surface area contributed by atoms with Gasteiger partial charge >= 0.3 is 58.4 Å². The molecule has 0 nitrogen and oxygen atoms in total. The van der Waals surface area contributed by atoms with Crippen LogP contribution in [0.2, 0.25) is 0 Å². The summed E-state index contributed by atoms with van der Waals surface area (Å²) in [5.41, 5.74) is 0. The van der Waals surface area contributed by atoms with E-state index >= 15 is 0 Å². The zero-order chi connectivity index (χ0) is 4.00. The molecule has 0 aliphatic rings. The van der Waals surface area contributed by atoms with Gasteiger partial charge in [-0.25, -0.2) is 0 Å². The van der Waals surface area contributed by atoms with Crippen molar-refractivity contribution in [2.75, 3.05) is 0 Å². The first-order chi connectivity index (χ1) is 2.00. The molecule has 0 atom stereocenters. The molecule has 4 heavy (non-hydrogen) atoms. The predicted molar refractivity (Wildman–Crippen MR) is 11.7 cm³/mol. The fraction of sp³-hybridized carbons (Fsp3) is 0. The molecule has 0 rings (SSSR count). The summed E-state index contributed by atoms with van der Waals surface area (Å²) in [7, 11) is 9.38. The normalized spacial score (nSPS) is 2.50. The summed E-state index contributed by atoms with van der Waals surface area (Å²) in [4.78, 5) is 0. The van der Waals surface area contributed by atoms with Crippen molar-refractivity contribution in [1.29, 1.82) is 0 Å². The van der Waals surface area contributed by atoms with Gasteiger partial charge in [0.2, 0.25) is 0 Å². The van der Waals surface area contributed by atoms with Crippen LogP contribution in [0, 0.1) is 0 Å². The molecule has 0 N–H and O–H groups in total. The second-order valence-electron chi connectivity index (χ2n) is 0. The van der Waals surface area contributed by atoms with Crippen molar-refractivity contribution in [3.05, 3.63) is 0 Å². The second-order valence-corrected chi connectivity index (χ2v) is 0. The number of halogens is 2. The van der Waals surface area contributed by atoms with Crippen molar-refractivity contribution in [2.24, 2.45) is 0 Å². The average Bonchev–Trinajstić information content (AvgIpc) is 1.50. The van der Waals surface area contributed by atoms with Gasteiger partial charge in [0.05, 0.1) is 0 Å². The molecular formula is Cl2Nb2. The van der Waals surface area contributed by atoms with E-state index in [2.05, 4.69) is 18.4 Å². The molecule has 0 aliphatic heterocycles. The second kappa shape index (κ2) is 19.7. The van der Waals surface area contributed by atoms with Crippen molar-refractivity contribution in [1.82, 2.24) is 0 Å². The maximum absolute atomic E-state index is 4.69. The van der Waals surface area contributed by atoms with Gasteiger partial charge in [-0.15, -0.1) is 0 Å². The molecule has 0 saturated heterocycles. The van der Waals surface area contributed by atoms with Gasteiger partial charge in [0, 0.05) is 0 Å². The van der Waals surface area contributed by atoms with Crippen molar-refractivity contribution in [2.45, 2.75) is 0 Å². The molecule has 0 saturated carbocycles. The zero-order valence-electron chi connectivity index (χ0n) is 1.65. The summed E-state index contributed by atoms with van der Waals surface area (Å²) in [6, 6.07) is 0. The van der Waals surface area contributed by atoms with Crippen LogP contribution in [0.15, 0.2) is 0 Å². The fourth-order valence-electron chi connectivity index (χ4n) is 0. The summed E-state index contributed by atoms with van der Waals surface area (Å²) in [5, 5.41) is 0. The van der Waals surface area contributed by atoms with Crippen LogP contribution in [0.25, 0.3) is 0 Å². The quantitative estimate of drug-likeness (QED) is 0.575. The molecule has 0 aliphatic carbocycles. The Hall–Kier alpha value is 2.06. The first-order valence-electron chi connectivity index (χ1n) is 0.338. The topological polar surface area (TPSA) is 0 Å². The molecule has 0 radical (unpaired) electrons. The SMILES string of the molecule is [Cl][Nb].[Cl][Nb]. The van der Waals surface area contributed by atoms with Crippen LogP contribution < -0.4 is 0 Å². The first kappa shape index (κ1) is 9.41. The Bertz CT molecular complexity index is 4.00. The van der Waals surface area contributed by atoms with Crippen molar-refractivity contribution < 1.29 is 40.0 Å². The molecule has 0 bridgehead atoms. The molecule has 0 aromatic carbocycles. The summed E-state index contributed by atoms with van der Waals surface area (Å²) < 4.78 is 0. The third-order valence-electron chi connectivity index (χ3n) is 0. The summed E-state index contributed by atoms with van der Waals surface area (Å²) in [5.74, 6) is 0. The number of hydrogen-bond acceptors (Lipinski definition) is 0. The van der Waals surface area contributed by atoms with E-state index in [-0.39, 0.29) is 0 Å². The molecule has 0 amide bonds. The van der Waals surface area contributed by atoms with Gasteiger partial charge in [0.25, 0.3) is 0 Å². The number of rotatable bonds is 0. The minimum absolute atomic E-state index is 1.22. The Labute approximate surface area is 57.7 Å². The fourth-order valence-corrected chi connectivity index (χ4v) is 0. The monoisotopic (exact) mass is 256 g/mol. The van der Waals surface area contributed by atoms with E-state index in [1.807, 2.05) is 0 Å². The molecule has 4 heteroatoms. The van der Waals surface area contributed by atoms with Crippen LogP contribution in [0.3, 0.4) is 0 Å². The van der Waals surface area contributed by atoms with Gasteiger partial charge in [-0.1, -0.05) is 0 Å². The maximum atomic E-state index is 4.69. The van der Waals surface area contributed by atoms with E-state index in [9.17, 15) is 0 Å². The van der Waals surface area contributed by atoms with E-state index in [0.29, 0.717) is 0 Å². The third-order valence-corrected chi connectivity index (χ3v) is 0. The Morgan fingerprint density at radius 3 is 0.750 bits per heavy atom. The van der Waals surface area contributed by atoms with Gasteiger partial charge in [-0.2, -0.15) is 0 Å². The zero-order valence-corrected chi connectivity index (χ0v) is 7.56. The molecule has 24 valence electrons. The van der Waals surface area contributed by atoms with E-state index in [4.69, 9.17) is 0 Å². The summed E-state index contributed by atoms with van der Waals surface area (Å²) in [6.45, 7) is 0. The van der Waals surface area contributed by atoms with Crippen LogP contribution in [0.5, 0.6) is 0 Å². The molecule has 0 spiro atoms. The Balaban J connectivity index is 0. The molecule has 0 heterocycles. The Morgan fingerprint density at radius 2 is 0.750 bits per heavy atom. The van der Waals surface area contributed by atoms with Crippen molar-refractivity contribution in [3.63, 3.8) is 0 Å². The molecule has 0 fully saturated rings. The van der Waals surface area contributed by atoms with Gasteiger partial charge in [-0.3, -0.25) is 0 Å². The van der Waals surface area contributed by atoms with Crippen LogP contribution in [0.4, 0.5) is 0 Å². The molecule has 0 aromatic rings. The van der Waals surface area contributed by atoms with Crippen LogP contribution in [-0.2, 0) is 40.0 Å². The van der Waals surface area contributed by atoms with Crippen LogP contribution >= 0.6 is 18.4 Å². The van der Waals surface area contributed by atoms with Crippen LogP contribution in [-0.4, -0.2) is 0 Å². The molecule has 0 aromatic heterocycles. The average molecular weight is 257 g/mol. The first-order valence-corrected chi connectivity index (χ1v) is 6.00. The standard InChI is InChI=1S/2ClH.2Nb/h2*1H;;/q;;2*+1/p-2. The van der Waals surface area contributed by atoms with Gasteiger partial charge in [0.15, 0.2) is 0 Å². The van der Waals surface area contributed by atoms with Gasteiger partial charge in [-0.05, 0) is 0 Å². The van der Waals surface area contributed by atoms with E-state index in [0.717, 1.165) is 0 Å². The third kappa shape index (κ3) is 8.96. The van der Waals surface area contributed by atoms with E-state index in [1.165, 1.54) is 40.0 Å². The van der Waals surface area contributed by atoms with Gasteiger partial charge in [0.1, 0.15) is 0 Å². The van der Waals surface area contributed by atoms with E-state index in [1.54, 1.807) is 0 Å². The van der Waals surface area contributed by atoms with Crippen LogP contribution in [0.1, 0.15) is 0 Å². The minimum atomic E-state index is 1.22. The predicted octanol–water partition coefficient (Wildman–Crippen LogP) is 1.37. The summed E-state index contributed by atoms with van der Waals surface area (Å²) >= 11 is 2.44. The number of hydrogen-bond donors (Lipinski definition) is 0. The molecule has 0 unspecified atom stereocenters.